The predicted octanol–water partition coefficient (Wildman–Crippen LogP) is 2.50. The highest BCUT2D eigenvalue weighted by Gasteiger charge is 2.10. The monoisotopic (exact) mass is 322 g/mol. The van der Waals surface area contributed by atoms with Gasteiger partial charge in [-0.15, -0.1) is 0 Å². The number of methoxy groups -OCH3 is 1. The van der Waals surface area contributed by atoms with Gasteiger partial charge in [-0.25, -0.2) is 10.4 Å². The van der Waals surface area contributed by atoms with Crippen LogP contribution in [0.25, 0.3) is 11.0 Å². The second kappa shape index (κ2) is 6.95. The number of aromatic nitrogens is 2. The first-order valence-electron chi connectivity index (χ1n) is 7.56. The molecule has 0 aliphatic heterocycles. The van der Waals surface area contributed by atoms with E-state index in [2.05, 4.69) is 15.5 Å². The van der Waals surface area contributed by atoms with Crippen molar-refractivity contribution in [2.24, 2.45) is 5.10 Å². The Balaban J connectivity index is 1.69. The Morgan fingerprint density at radius 2 is 2.00 bits per heavy atom. The van der Waals surface area contributed by atoms with Crippen molar-refractivity contribution >= 4 is 23.2 Å². The molecule has 0 radical (unpaired) electrons. The molecular formula is C18H18N4O2. The maximum atomic E-state index is 12.1. The van der Waals surface area contributed by atoms with Gasteiger partial charge in [0.25, 0.3) is 5.91 Å². The van der Waals surface area contributed by atoms with Crippen molar-refractivity contribution in [3.63, 3.8) is 0 Å². The lowest BCUT2D eigenvalue weighted by molar-refractivity contribution is -0.121. The number of ether oxygens (including phenoxy) is 1. The third-order valence-electron chi connectivity index (χ3n) is 3.68. The molecule has 1 aromatic heterocycles. The van der Waals surface area contributed by atoms with Gasteiger partial charge in [-0.1, -0.05) is 24.3 Å². The molecule has 0 aliphatic rings. The molecule has 0 spiro atoms. The van der Waals surface area contributed by atoms with E-state index in [1.807, 2.05) is 60.0 Å². The molecule has 0 atom stereocenters. The summed E-state index contributed by atoms with van der Waals surface area (Å²) in [7, 11) is 1.60. The first-order valence-corrected chi connectivity index (χ1v) is 7.56. The summed E-state index contributed by atoms with van der Waals surface area (Å²) in [6.07, 6.45) is 1.57. The summed E-state index contributed by atoms with van der Waals surface area (Å²) in [4.78, 5) is 16.6. The number of hydrazone groups is 1. The van der Waals surface area contributed by atoms with Crippen LogP contribution >= 0.6 is 0 Å². The van der Waals surface area contributed by atoms with Gasteiger partial charge in [-0.2, -0.15) is 5.10 Å². The number of amides is 1. The molecule has 3 aromatic rings. The van der Waals surface area contributed by atoms with Gasteiger partial charge in [0.1, 0.15) is 18.1 Å². The average Bonchev–Trinajstić information content (AvgIpc) is 2.91. The molecule has 24 heavy (non-hydrogen) atoms. The number of nitrogens with zero attached hydrogens (tertiary/aromatic N) is 3. The van der Waals surface area contributed by atoms with Crippen molar-refractivity contribution in [3.05, 3.63) is 59.9 Å². The van der Waals surface area contributed by atoms with Gasteiger partial charge in [0.15, 0.2) is 0 Å². The molecular weight excluding hydrogens is 304 g/mol. The largest absolute Gasteiger partial charge is 0.496 e. The summed E-state index contributed by atoms with van der Waals surface area (Å²) in [5.41, 5.74) is 5.14. The SMILES string of the molecule is COc1ccccc1/C=N/NC(=O)Cn1c(C)nc2ccccc21. The molecule has 6 nitrogen and oxygen atoms in total. The van der Waals surface area contributed by atoms with E-state index in [0.717, 1.165) is 22.4 Å². The zero-order valence-electron chi connectivity index (χ0n) is 13.6. The molecule has 122 valence electrons. The average molecular weight is 322 g/mol. The Morgan fingerprint density at radius 3 is 2.83 bits per heavy atom. The fraction of sp³-hybridized carbons (Fsp3) is 0.167. The number of benzene rings is 2. The van der Waals surface area contributed by atoms with Gasteiger partial charge >= 0.3 is 0 Å². The molecule has 3 rings (SSSR count). The van der Waals surface area contributed by atoms with E-state index in [-0.39, 0.29) is 12.5 Å². The lowest BCUT2D eigenvalue weighted by Crippen LogP contribution is -2.23. The number of aryl methyl sites for hydroxylation is 1. The van der Waals surface area contributed by atoms with Crippen molar-refractivity contribution in [1.29, 1.82) is 0 Å². The van der Waals surface area contributed by atoms with Crippen LogP contribution in [-0.4, -0.2) is 28.8 Å². The Bertz CT molecular complexity index is 899. The molecule has 6 heteroatoms. The number of hydrogen-bond acceptors (Lipinski definition) is 4. The zero-order valence-corrected chi connectivity index (χ0v) is 13.6. The lowest BCUT2D eigenvalue weighted by atomic mass is 10.2. The highest BCUT2D eigenvalue weighted by Crippen LogP contribution is 2.15. The fourth-order valence-electron chi connectivity index (χ4n) is 2.52. The lowest BCUT2D eigenvalue weighted by Gasteiger charge is -2.06. The summed E-state index contributed by atoms with van der Waals surface area (Å²) in [5.74, 6) is 1.28. The number of rotatable bonds is 5. The molecule has 0 aliphatic carbocycles. The number of carbonyl (C=O) groups excluding carboxylic acids is 1. The van der Waals surface area contributed by atoms with E-state index in [1.54, 1.807) is 13.3 Å². The third kappa shape index (κ3) is 3.27. The fourth-order valence-corrected chi connectivity index (χ4v) is 2.52. The molecule has 0 unspecified atom stereocenters. The maximum absolute atomic E-state index is 12.1. The van der Waals surface area contributed by atoms with E-state index in [1.165, 1.54) is 0 Å². The first kappa shape index (κ1) is 15.7. The van der Waals surface area contributed by atoms with Crippen molar-refractivity contribution < 1.29 is 9.53 Å². The molecule has 1 N–H and O–H groups in total. The quantitative estimate of drug-likeness (QED) is 0.580. The highest BCUT2D eigenvalue weighted by atomic mass is 16.5. The van der Waals surface area contributed by atoms with Crippen LogP contribution in [0.2, 0.25) is 0 Å². The van der Waals surface area contributed by atoms with Crippen LogP contribution in [0.5, 0.6) is 5.75 Å². The Labute approximate surface area is 139 Å². The number of fused-ring (bicyclic) bond motifs is 1. The molecule has 0 saturated heterocycles. The van der Waals surface area contributed by atoms with Gasteiger partial charge in [0.2, 0.25) is 0 Å². The van der Waals surface area contributed by atoms with Gasteiger partial charge in [0.05, 0.1) is 24.4 Å². The number of imidazole rings is 1. The van der Waals surface area contributed by atoms with Gasteiger partial charge < -0.3 is 9.30 Å². The van der Waals surface area contributed by atoms with E-state index in [0.29, 0.717) is 5.75 Å². The molecule has 0 saturated carbocycles. The standard InChI is InChI=1S/C18H18N4O2/c1-13-20-15-8-4-5-9-16(15)22(13)12-18(23)21-19-11-14-7-3-6-10-17(14)24-2/h3-11H,12H2,1-2H3,(H,21,23)/b19-11+. The minimum atomic E-state index is -0.215. The topological polar surface area (TPSA) is 68.5 Å². The number of carbonyl (C=O) groups is 1. The highest BCUT2D eigenvalue weighted by molar-refractivity contribution is 5.85. The van der Waals surface area contributed by atoms with Crippen LogP contribution in [0, 0.1) is 6.92 Å². The Hall–Kier alpha value is -3.15. The van der Waals surface area contributed by atoms with Gasteiger partial charge in [0, 0.05) is 5.56 Å². The normalized spacial score (nSPS) is 11.1. The van der Waals surface area contributed by atoms with Crippen molar-refractivity contribution in [2.45, 2.75) is 13.5 Å². The Morgan fingerprint density at radius 1 is 1.25 bits per heavy atom. The van der Waals surface area contributed by atoms with Crippen LogP contribution in [0.15, 0.2) is 53.6 Å². The van der Waals surface area contributed by atoms with Crippen LogP contribution in [0.4, 0.5) is 0 Å². The number of hydrogen-bond donors (Lipinski definition) is 1. The summed E-state index contributed by atoms with van der Waals surface area (Å²) in [6.45, 7) is 2.04. The minimum absolute atomic E-state index is 0.162. The van der Waals surface area contributed by atoms with Crippen LogP contribution < -0.4 is 10.2 Å². The van der Waals surface area contributed by atoms with Gasteiger partial charge in [-0.05, 0) is 31.2 Å². The summed E-state index contributed by atoms with van der Waals surface area (Å²) >= 11 is 0. The van der Waals surface area contributed by atoms with E-state index < -0.39 is 0 Å². The van der Waals surface area contributed by atoms with Crippen molar-refractivity contribution in [2.75, 3.05) is 7.11 Å². The van der Waals surface area contributed by atoms with Crippen LogP contribution in [0.3, 0.4) is 0 Å². The Kier molecular flexibility index (Phi) is 4.56. The minimum Gasteiger partial charge on any atom is -0.496 e. The number of nitrogens with one attached hydrogen (secondary N) is 1. The van der Waals surface area contributed by atoms with Crippen molar-refractivity contribution in [3.8, 4) is 5.75 Å². The van der Waals surface area contributed by atoms with Crippen molar-refractivity contribution in [1.82, 2.24) is 15.0 Å². The summed E-state index contributed by atoms with van der Waals surface area (Å²) in [6, 6.07) is 15.2. The second-order valence-electron chi connectivity index (χ2n) is 5.27. The summed E-state index contributed by atoms with van der Waals surface area (Å²) < 4.78 is 7.10. The number of para-hydroxylation sites is 3. The smallest absolute Gasteiger partial charge is 0.260 e. The predicted molar refractivity (Wildman–Crippen MR) is 93.2 cm³/mol. The van der Waals surface area contributed by atoms with Crippen LogP contribution in [0.1, 0.15) is 11.4 Å². The summed E-state index contributed by atoms with van der Waals surface area (Å²) in [5, 5.41) is 4.00. The zero-order chi connectivity index (χ0) is 16.9. The second-order valence-corrected chi connectivity index (χ2v) is 5.27. The van der Waals surface area contributed by atoms with E-state index >= 15 is 0 Å². The maximum Gasteiger partial charge on any atom is 0.260 e. The van der Waals surface area contributed by atoms with E-state index in [9.17, 15) is 4.79 Å². The molecule has 0 bridgehead atoms. The molecule has 0 fully saturated rings. The molecule has 2 aromatic carbocycles. The molecule has 1 amide bonds. The first-order chi connectivity index (χ1) is 11.7. The van der Waals surface area contributed by atoms with Crippen LogP contribution in [-0.2, 0) is 11.3 Å². The van der Waals surface area contributed by atoms with E-state index in [4.69, 9.17) is 4.74 Å². The van der Waals surface area contributed by atoms with Gasteiger partial charge in [-0.3, -0.25) is 4.79 Å². The molecule has 1 heterocycles. The third-order valence-corrected chi connectivity index (χ3v) is 3.68.